The topological polar surface area (TPSA) is 49.9 Å². The van der Waals surface area contributed by atoms with Crippen LogP contribution >= 0.6 is 11.6 Å². The van der Waals surface area contributed by atoms with Gasteiger partial charge < -0.3 is 14.5 Å². The normalized spacial score (nSPS) is 24.8. The Kier molecular flexibility index (Phi) is 5.11. The first-order valence-electron chi connectivity index (χ1n) is 8.45. The molecule has 2 saturated heterocycles. The van der Waals surface area contributed by atoms with Crippen LogP contribution in [0.15, 0.2) is 24.3 Å². The third-order valence-electron chi connectivity index (χ3n) is 4.82. The molecule has 2 heterocycles. The van der Waals surface area contributed by atoms with Crippen LogP contribution in [0.2, 0.25) is 5.02 Å². The summed E-state index contributed by atoms with van der Waals surface area (Å²) >= 11 is 6.16. The van der Waals surface area contributed by atoms with Gasteiger partial charge in [-0.3, -0.25) is 9.59 Å². The van der Waals surface area contributed by atoms with Crippen LogP contribution in [-0.4, -0.2) is 59.5 Å². The molecule has 0 radical (unpaired) electrons. The van der Waals surface area contributed by atoms with E-state index in [2.05, 4.69) is 0 Å². The van der Waals surface area contributed by atoms with E-state index in [0.717, 1.165) is 12.8 Å². The van der Waals surface area contributed by atoms with Gasteiger partial charge in [0.25, 0.3) is 5.91 Å². The van der Waals surface area contributed by atoms with E-state index >= 15 is 0 Å². The van der Waals surface area contributed by atoms with Crippen LogP contribution in [0.25, 0.3) is 0 Å². The Morgan fingerprint density at radius 1 is 1.25 bits per heavy atom. The summed E-state index contributed by atoms with van der Waals surface area (Å²) in [6.45, 7) is 5.41. The summed E-state index contributed by atoms with van der Waals surface area (Å²) in [6.07, 6.45) is 1.46. The summed E-state index contributed by atoms with van der Waals surface area (Å²) < 4.78 is 5.76. The van der Waals surface area contributed by atoms with Crippen molar-refractivity contribution >= 4 is 23.4 Å². The number of nitrogens with zero attached hydrogens (tertiary/aromatic N) is 2. The third kappa shape index (κ3) is 3.28. The number of carbonyl (C=O) groups excluding carboxylic acids is 2. The molecule has 1 aromatic rings. The van der Waals surface area contributed by atoms with E-state index in [1.165, 1.54) is 0 Å². The number of ether oxygens (including phenoxy) is 1. The number of hydrogen-bond acceptors (Lipinski definition) is 3. The molecule has 2 amide bonds. The molecule has 1 aromatic carbocycles. The van der Waals surface area contributed by atoms with Gasteiger partial charge >= 0.3 is 0 Å². The molecule has 2 aliphatic rings. The van der Waals surface area contributed by atoms with Crippen molar-refractivity contribution in [1.29, 1.82) is 0 Å². The average Bonchev–Trinajstić information content (AvgIpc) is 2.76. The SMILES string of the molecule is CC(C)N1C(=O)CO[C@H]2CCN(C(=O)c3ccccc3Cl)CC[C@@H]21. The highest BCUT2D eigenvalue weighted by atomic mass is 35.5. The minimum absolute atomic E-state index is 0.00542. The predicted octanol–water partition coefficient (Wildman–Crippen LogP) is 2.58. The van der Waals surface area contributed by atoms with Gasteiger partial charge in [0.05, 0.1) is 22.7 Å². The molecule has 0 spiro atoms. The summed E-state index contributed by atoms with van der Waals surface area (Å²) in [5, 5.41) is 0.472. The van der Waals surface area contributed by atoms with Gasteiger partial charge in [0.2, 0.25) is 5.91 Å². The Morgan fingerprint density at radius 3 is 2.67 bits per heavy atom. The lowest BCUT2D eigenvalue weighted by atomic mass is 10.0. The zero-order valence-corrected chi connectivity index (χ0v) is 14.8. The zero-order chi connectivity index (χ0) is 17.3. The highest BCUT2D eigenvalue weighted by molar-refractivity contribution is 6.33. The largest absolute Gasteiger partial charge is 0.366 e. The van der Waals surface area contributed by atoms with Gasteiger partial charge in [-0.05, 0) is 38.8 Å². The predicted molar refractivity (Wildman–Crippen MR) is 92.1 cm³/mol. The maximum absolute atomic E-state index is 12.8. The van der Waals surface area contributed by atoms with Crippen LogP contribution in [0.5, 0.6) is 0 Å². The molecule has 0 saturated carbocycles. The van der Waals surface area contributed by atoms with Gasteiger partial charge in [-0.2, -0.15) is 0 Å². The number of carbonyl (C=O) groups is 2. The molecule has 3 rings (SSSR count). The maximum Gasteiger partial charge on any atom is 0.255 e. The van der Waals surface area contributed by atoms with E-state index in [1.807, 2.05) is 35.8 Å². The average molecular weight is 351 g/mol. The molecule has 24 heavy (non-hydrogen) atoms. The molecule has 0 bridgehead atoms. The smallest absolute Gasteiger partial charge is 0.255 e. The van der Waals surface area contributed by atoms with Crippen molar-refractivity contribution in [1.82, 2.24) is 9.80 Å². The molecular formula is C18H23ClN2O3. The van der Waals surface area contributed by atoms with Crippen molar-refractivity contribution < 1.29 is 14.3 Å². The second kappa shape index (κ2) is 7.11. The number of benzene rings is 1. The first-order valence-corrected chi connectivity index (χ1v) is 8.83. The van der Waals surface area contributed by atoms with Crippen molar-refractivity contribution in [3.8, 4) is 0 Å². The molecule has 2 aliphatic heterocycles. The second-order valence-electron chi connectivity index (χ2n) is 6.66. The monoisotopic (exact) mass is 350 g/mol. The molecule has 0 aliphatic carbocycles. The van der Waals surface area contributed by atoms with Gasteiger partial charge in [-0.15, -0.1) is 0 Å². The minimum Gasteiger partial charge on any atom is -0.366 e. The fraction of sp³-hybridized carbons (Fsp3) is 0.556. The Morgan fingerprint density at radius 2 is 1.96 bits per heavy atom. The van der Waals surface area contributed by atoms with Gasteiger partial charge in [-0.1, -0.05) is 23.7 Å². The summed E-state index contributed by atoms with van der Waals surface area (Å²) in [7, 11) is 0. The van der Waals surface area contributed by atoms with Crippen LogP contribution < -0.4 is 0 Å². The van der Waals surface area contributed by atoms with Crippen molar-refractivity contribution in [2.45, 2.75) is 44.9 Å². The maximum atomic E-state index is 12.8. The van der Waals surface area contributed by atoms with Gasteiger partial charge in [0, 0.05) is 19.1 Å². The van der Waals surface area contributed by atoms with E-state index in [9.17, 15) is 9.59 Å². The summed E-state index contributed by atoms with van der Waals surface area (Å²) in [6, 6.07) is 7.29. The van der Waals surface area contributed by atoms with Crippen LogP contribution in [0, 0.1) is 0 Å². The summed E-state index contributed by atoms with van der Waals surface area (Å²) in [5.41, 5.74) is 0.529. The number of fused-ring (bicyclic) bond motifs is 1. The lowest BCUT2D eigenvalue weighted by molar-refractivity contribution is -0.160. The Labute approximate surface area is 147 Å². The molecular weight excluding hydrogens is 328 g/mol. The molecule has 0 unspecified atom stereocenters. The Bertz CT molecular complexity index is 634. The van der Waals surface area contributed by atoms with Crippen molar-refractivity contribution in [2.24, 2.45) is 0 Å². The zero-order valence-electron chi connectivity index (χ0n) is 14.1. The first-order chi connectivity index (χ1) is 11.5. The molecule has 130 valence electrons. The van der Waals surface area contributed by atoms with E-state index in [0.29, 0.717) is 23.7 Å². The van der Waals surface area contributed by atoms with Crippen LogP contribution in [0.4, 0.5) is 0 Å². The fourth-order valence-corrected chi connectivity index (χ4v) is 3.91. The number of rotatable bonds is 2. The van der Waals surface area contributed by atoms with Crippen molar-refractivity contribution in [3.05, 3.63) is 34.9 Å². The van der Waals surface area contributed by atoms with Gasteiger partial charge in [0.15, 0.2) is 0 Å². The lowest BCUT2D eigenvalue weighted by Gasteiger charge is -2.42. The van der Waals surface area contributed by atoms with Gasteiger partial charge in [-0.25, -0.2) is 0 Å². The molecule has 2 fully saturated rings. The summed E-state index contributed by atoms with van der Waals surface area (Å²) in [5.74, 6) is -0.0150. The van der Waals surface area contributed by atoms with Crippen LogP contribution in [0.1, 0.15) is 37.0 Å². The minimum atomic E-state index is -0.0540. The number of halogens is 1. The van der Waals surface area contributed by atoms with E-state index in [4.69, 9.17) is 16.3 Å². The quantitative estimate of drug-likeness (QED) is 0.823. The fourth-order valence-electron chi connectivity index (χ4n) is 3.69. The molecule has 5 nitrogen and oxygen atoms in total. The van der Waals surface area contributed by atoms with E-state index < -0.39 is 0 Å². The lowest BCUT2D eigenvalue weighted by Crippen LogP contribution is -2.56. The molecule has 2 atom stereocenters. The first kappa shape index (κ1) is 17.2. The summed E-state index contributed by atoms with van der Waals surface area (Å²) in [4.78, 5) is 28.7. The van der Waals surface area contributed by atoms with Crippen LogP contribution in [0.3, 0.4) is 0 Å². The number of hydrogen-bond donors (Lipinski definition) is 0. The number of morpholine rings is 1. The number of amides is 2. The second-order valence-corrected chi connectivity index (χ2v) is 7.07. The number of likely N-dealkylation sites (tertiary alicyclic amines) is 1. The molecule has 6 heteroatoms. The van der Waals surface area contributed by atoms with E-state index in [-0.39, 0.29) is 36.6 Å². The standard InChI is InChI=1S/C18H23ClN2O3/c1-12(2)21-15-7-9-20(10-8-16(15)24-11-17(21)22)18(23)13-5-3-4-6-14(13)19/h3-6,12,15-16H,7-11H2,1-2H3/t15-,16-/m0/s1. The van der Waals surface area contributed by atoms with Gasteiger partial charge in [0.1, 0.15) is 6.61 Å². The highest BCUT2D eigenvalue weighted by Gasteiger charge is 2.40. The Hall–Kier alpha value is -1.59. The Balaban J connectivity index is 1.76. The van der Waals surface area contributed by atoms with Crippen molar-refractivity contribution in [3.63, 3.8) is 0 Å². The molecule has 0 aromatic heterocycles. The van der Waals surface area contributed by atoms with Crippen molar-refractivity contribution in [2.75, 3.05) is 19.7 Å². The molecule has 0 N–H and O–H groups in total. The van der Waals surface area contributed by atoms with E-state index in [1.54, 1.807) is 12.1 Å². The highest BCUT2D eigenvalue weighted by Crippen LogP contribution is 2.27. The third-order valence-corrected chi connectivity index (χ3v) is 5.15. The van der Waals surface area contributed by atoms with Crippen LogP contribution in [-0.2, 0) is 9.53 Å².